The fraction of sp³-hybridized carbons (Fsp3) is 0.296. The smallest absolute Gasteiger partial charge is 0.260 e. The summed E-state index contributed by atoms with van der Waals surface area (Å²) >= 11 is 0. The molecule has 200 valence electrons. The van der Waals surface area contributed by atoms with E-state index in [9.17, 15) is 14.4 Å². The highest BCUT2D eigenvalue weighted by molar-refractivity contribution is 6.18. The molecule has 38 heavy (non-hydrogen) atoms. The summed E-state index contributed by atoms with van der Waals surface area (Å²) in [6.07, 6.45) is 7.49. The fourth-order valence-electron chi connectivity index (χ4n) is 3.50. The number of hydrogen-bond donors (Lipinski definition) is 6. The maximum Gasteiger partial charge on any atom is 0.260 e. The van der Waals surface area contributed by atoms with E-state index in [2.05, 4.69) is 48.5 Å². The summed E-state index contributed by atoms with van der Waals surface area (Å²) in [5.74, 6) is -0.617. The van der Waals surface area contributed by atoms with Crippen molar-refractivity contribution in [3.05, 3.63) is 78.4 Å². The summed E-state index contributed by atoms with van der Waals surface area (Å²) in [6, 6.07) is 9.93. The van der Waals surface area contributed by atoms with Gasteiger partial charge in [-0.2, -0.15) is 0 Å². The summed E-state index contributed by atoms with van der Waals surface area (Å²) in [4.78, 5) is 45.4. The van der Waals surface area contributed by atoms with Crippen LogP contribution in [-0.2, 0) is 20.8 Å². The van der Waals surface area contributed by atoms with Gasteiger partial charge in [-0.05, 0) is 61.7 Å². The largest absolute Gasteiger partial charge is 0.371 e. The third-order valence-corrected chi connectivity index (χ3v) is 5.53. The van der Waals surface area contributed by atoms with Crippen molar-refractivity contribution in [3.8, 4) is 0 Å². The molecule has 1 aliphatic heterocycles. The van der Waals surface area contributed by atoms with Crippen LogP contribution in [-0.4, -0.2) is 54.3 Å². The van der Waals surface area contributed by atoms with Gasteiger partial charge >= 0.3 is 0 Å². The summed E-state index contributed by atoms with van der Waals surface area (Å²) in [6.45, 7) is 8.35. The third kappa shape index (κ3) is 8.56. The van der Waals surface area contributed by atoms with E-state index < -0.39 is 17.9 Å². The number of aromatic nitrogens is 1. The minimum Gasteiger partial charge on any atom is -0.371 e. The number of carbonyl (C=O) groups excluding carboxylic acids is 3. The van der Waals surface area contributed by atoms with Gasteiger partial charge in [0.05, 0.1) is 5.57 Å². The molecule has 3 amide bonds. The van der Waals surface area contributed by atoms with E-state index in [1.54, 1.807) is 49.8 Å². The molecular weight excluding hydrogens is 484 g/mol. The van der Waals surface area contributed by atoms with Crippen LogP contribution in [0.15, 0.2) is 77.8 Å². The third-order valence-electron chi connectivity index (χ3n) is 5.53. The van der Waals surface area contributed by atoms with E-state index in [1.165, 1.54) is 5.56 Å². The first-order chi connectivity index (χ1) is 18.4. The number of pyridine rings is 1. The van der Waals surface area contributed by atoms with Gasteiger partial charge in [0.25, 0.3) is 5.91 Å². The molecule has 0 radical (unpaired) electrons. The standard InChI is InChI=1S/C27H34N8O3/c1-4-12-29-24-22(17-31-27(35-24)30-15-11-19-9-13-28-14-10-19)26(38)34-21-8-6-7-20(16-21)33-25(37)18(3)32-23(36)5-2/h5-10,13-14,16-18,27,29-30,35H,2,4,11-12,15H2,1,3H3,(H,32,36)(H,33,37)(H,34,38)/t18-,27?/m0/s1. The Labute approximate surface area is 222 Å². The van der Waals surface area contributed by atoms with Crippen molar-refractivity contribution in [2.75, 3.05) is 23.7 Å². The maximum atomic E-state index is 13.1. The predicted molar refractivity (Wildman–Crippen MR) is 148 cm³/mol. The van der Waals surface area contributed by atoms with Crippen molar-refractivity contribution < 1.29 is 14.4 Å². The van der Waals surface area contributed by atoms with Crippen molar-refractivity contribution in [1.82, 2.24) is 26.3 Å². The van der Waals surface area contributed by atoms with Crippen LogP contribution < -0.4 is 31.9 Å². The van der Waals surface area contributed by atoms with Crippen LogP contribution >= 0.6 is 0 Å². The van der Waals surface area contributed by atoms with Gasteiger partial charge in [0.15, 0.2) is 6.29 Å². The second-order valence-electron chi connectivity index (χ2n) is 8.56. The molecule has 1 aliphatic rings. The Morgan fingerprint density at radius 1 is 1.11 bits per heavy atom. The minimum atomic E-state index is -0.758. The number of nitrogens with one attached hydrogen (secondary N) is 6. The number of aliphatic imine (C=N–C) groups is 1. The van der Waals surface area contributed by atoms with E-state index in [0.717, 1.165) is 18.9 Å². The highest BCUT2D eigenvalue weighted by Crippen LogP contribution is 2.17. The molecule has 0 saturated heterocycles. The minimum absolute atomic E-state index is 0.356. The Morgan fingerprint density at radius 3 is 2.55 bits per heavy atom. The van der Waals surface area contributed by atoms with Gasteiger partial charge in [-0.15, -0.1) is 0 Å². The number of anilines is 2. The van der Waals surface area contributed by atoms with E-state index in [1.807, 2.05) is 19.1 Å². The molecule has 1 unspecified atom stereocenters. The van der Waals surface area contributed by atoms with Gasteiger partial charge in [-0.25, -0.2) is 0 Å². The van der Waals surface area contributed by atoms with Crippen LogP contribution in [0.2, 0.25) is 0 Å². The summed E-state index contributed by atoms with van der Waals surface area (Å²) < 4.78 is 0. The molecule has 3 rings (SSSR count). The summed E-state index contributed by atoms with van der Waals surface area (Å²) in [7, 11) is 0. The number of nitrogens with zero attached hydrogens (tertiary/aromatic N) is 2. The first kappa shape index (κ1) is 28.1. The number of benzene rings is 1. The second kappa shape index (κ2) is 14.3. The summed E-state index contributed by atoms with van der Waals surface area (Å²) in [5.41, 5.74) is 2.49. The number of amides is 3. The zero-order valence-corrected chi connectivity index (χ0v) is 21.6. The van der Waals surface area contributed by atoms with Crippen LogP contribution in [0.3, 0.4) is 0 Å². The van der Waals surface area contributed by atoms with Crippen molar-refractivity contribution in [3.63, 3.8) is 0 Å². The SMILES string of the molecule is C=CC(=O)N[C@@H](C)C(=O)Nc1cccc(NC(=O)C2=C(NCCC)NC(NCCc3ccncc3)N=C2)c1. The molecule has 2 aromatic rings. The van der Waals surface area contributed by atoms with Gasteiger partial charge in [0, 0.05) is 43.1 Å². The van der Waals surface area contributed by atoms with Gasteiger partial charge in [0.1, 0.15) is 11.9 Å². The lowest BCUT2D eigenvalue weighted by Crippen LogP contribution is -2.48. The first-order valence-corrected chi connectivity index (χ1v) is 12.4. The van der Waals surface area contributed by atoms with Crippen molar-refractivity contribution >= 4 is 35.3 Å². The quantitative estimate of drug-likeness (QED) is 0.221. The normalized spacial score (nSPS) is 15.2. The molecule has 2 atom stereocenters. The van der Waals surface area contributed by atoms with Crippen LogP contribution in [0.5, 0.6) is 0 Å². The molecule has 0 saturated carbocycles. The monoisotopic (exact) mass is 518 g/mol. The average molecular weight is 519 g/mol. The lowest BCUT2D eigenvalue weighted by Gasteiger charge is -2.25. The summed E-state index contributed by atoms with van der Waals surface area (Å²) in [5, 5.41) is 17.9. The van der Waals surface area contributed by atoms with E-state index >= 15 is 0 Å². The molecular formula is C27H34N8O3. The molecule has 2 heterocycles. The molecule has 6 N–H and O–H groups in total. The highest BCUT2D eigenvalue weighted by atomic mass is 16.2. The number of hydrogen-bond acceptors (Lipinski definition) is 8. The Hall–Kier alpha value is -4.51. The van der Waals surface area contributed by atoms with Gasteiger partial charge < -0.3 is 26.6 Å². The predicted octanol–water partition coefficient (Wildman–Crippen LogP) is 1.65. The topological polar surface area (TPSA) is 149 Å². The lowest BCUT2D eigenvalue weighted by molar-refractivity contribution is -0.123. The van der Waals surface area contributed by atoms with Gasteiger partial charge in [-0.3, -0.25) is 29.7 Å². The van der Waals surface area contributed by atoms with Gasteiger partial charge in [-0.1, -0.05) is 19.6 Å². The van der Waals surface area contributed by atoms with E-state index in [4.69, 9.17) is 0 Å². The van der Waals surface area contributed by atoms with Gasteiger partial charge in [0.2, 0.25) is 11.8 Å². The molecule has 0 spiro atoms. The average Bonchev–Trinajstić information content (AvgIpc) is 2.92. The lowest BCUT2D eigenvalue weighted by atomic mass is 10.2. The Kier molecular flexibility index (Phi) is 10.6. The van der Waals surface area contributed by atoms with Crippen molar-refractivity contribution in [1.29, 1.82) is 0 Å². The molecule has 1 aromatic heterocycles. The first-order valence-electron chi connectivity index (χ1n) is 12.4. The highest BCUT2D eigenvalue weighted by Gasteiger charge is 2.21. The van der Waals surface area contributed by atoms with Crippen LogP contribution in [0.25, 0.3) is 0 Å². The van der Waals surface area contributed by atoms with E-state index in [-0.39, 0.29) is 12.2 Å². The zero-order valence-electron chi connectivity index (χ0n) is 21.6. The maximum absolute atomic E-state index is 13.1. The van der Waals surface area contributed by atoms with E-state index in [0.29, 0.717) is 35.9 Å². The molecule has 0 bridgehead atoms. The zero-order chi connectivity index (χ0) is 27.3. The molecule has 0 fully saturated rings. The van der Waals surface area contributed by atoms with Crippen molar-refractivity contribution in [2.45, 2.75) is 39.0 Å². The molecule has 11 nitrogen and oxygen atoms in total. The number of rotatable bonds is 13. The molecule has 11 heteroatoms. The molecule has 0 aliphatic carbocycles. The van der Waals surface area contributed by atoms with Crippen LogP contribution in [0.1, 0.15) is 25.8 Å². The molecule has 1 aromatic carbocycles. The number of carbonyl (C=O) groups is 3. The van der Waals surface area contributed by atoms with Crippen LogP contribution in [0, 0.1) is 0 Å². The van der Waals surface area contributed by atoms with Crippen molar-refractivity contribution in [2.24, 2.45) is 4.99 Å². The Morgan fingerprint density at radius 2 is 1.84 bits per heavy atom. The Balaban J connectivity index is 1.61. The fourth-order valence-corrected chi connectivity index (χ4v) is 3.50. The Bertz CT molecular complexity index is 1200. The van der Waals surface area contributed by atoms with Crippen LogP contribution in [0.4, 0.5) is 11.4 Å². The second-order valence-corrected chi connectivity index (χ2v) is 8.56.